The van der Waals surface area contributed by atoms with E-state index in [-0.39, 0.29) is 18.1 Å². The van der Waals surface area contributed by atoms with Gasteiger partial charge < -0.3 is 16.2 Å². The van der Waals surface area contributed by atoms with Gasteiger partial charge in [-0.15, -0.1) is 0 Å². The van der Waals surface area contributed by atoms with Crippen LogP contribution in [0.15, 0.2) is 18.2 Å². The largest absolute Gasteiger partial charge is 0.399 e. The minimum Gasteiger partial charge on any atom is -0.399 e. The maximum Gasteiger partial charge on any atom is 0.251 e. The van der Waals surface area contributed by atoms with Crippen molar-refractivity contribution in [2.75, 3.05) is 12.3 Å². The van der Waals surface area contributed by atoms with Gasteiger partial charge in [0.25, 0.3) is 5.91 Å². The molecular weight excluding hydrogens is 228 g/mol. The topological polar surface area (TPSA) is 75.3 Å². The van der Waals surface area contributed by atoms with Gasteiger partial charge in [-0.1, -0.05) is 6.92 Å². The summed E-state index contributed by atoms with van der Waals surface area (Å²) in [6.07, 6.45) is 1.30. The third-order valence-electron chi connectivity index (χ3n) is 3.22. The lowest BCUT2D eigenvalue weighted by Gasteiger charge is -2.29. The van der Waals surface area contributed by atoms with Crippen LogP contribution in [0.25, 0.3) is 0 Å². The van der Waals surface area contributed by atoms with Crippen LogP contribution in [-0.2, 0) is 0 Å². The first kappa shape index (κ1) is 14.5. The van der Waals surface area contributed by atoms with Gasteiger partial charge in [0.1, 0.15) is 0 Å². The Morgan fingerprint density at radius 1 is 1.44 bits per heavy atom. The molecular formula is C14H22N2O2. The summed E-state index contributed by atoms with van der Waals surface area (Å²) in [7, 11) is 0. The van der Waals surface area contributed by atoms with Crippen LogP contribution in [0.2, 0.25) is 0 Å². The zero-order chi connectivity index (χ0) is 13.8. The standard InChI is InChI=1S/C14H22N2O2/c1-4-14(3,5-6-17)16-13(18)11-7-10(2)8-12(15)9-11/h7-9,17H,4-6,15H2,1-3H3,(H,16,18). The molecule has 0 spiro atoms. The fourth-order valence-electron chi connectivity index (χ4n) is 1.86. The lowest BCUT2D eigenvalue weighted by molar-refractivity contribution is 0.0886. The number of aliphatic hydroxyl groups is 1. The van der Waals surface area contributed by atoms with Gasteiger partial charge in [-0.05, 0) is 50.5 Å². The molecule has 0 bridgehead atoms. The Balaban J connectivity index is 2.87. The molecule has 1 unspecified atom stereocenters. The molecule has 4 N–H and O–H groups in total. The van der Waals surface area contributed by atoms with E-state index in [4.69, 9.17) is 10.8 Å². The molecule has 1 atom stereocenters. The van der Waals surface area contributed by atoms with Crippen molar-refractivity contribution in [2.45, 2.75) is 39.2 Å². The molecule has 4 nitrogen and oxygen atoms in total. The van der Waals surface area contributed by atoms with E-state index < -0.39 is 0 Å². The van der Waals surface area contributed by atoms with Crippen molar-refractivity contribution in [1.82, 2.24) is 5.32 Å². The number of amides is 1. The molecule has 1 aromatic rings. The van der Waals surface area contributed by atoms with Crippen molar-refractivity contribution in [3.05, 3.63) is 29.3 Å². The van der Waals surface area contributed by atoms with E-state index in [0.717, 1.165) is 12.0 Å². The summed E-state index contributed by atoms with van der Waals surface area (Å²) in [4.78, 5) is 12.2. The predicted octanol–water partition coefficient (Wildman–Crippen LogP) is 1.86. The number of anilines is 1. The van der Waals surface area contributed by atoms with Crippen LogP contribution >= 0.6 is 0 Å². The molecule has 18 heavy (non-hydrogen) atoms. The molecule has 0 aliphatic carbocycles. The number of hydrogen-bond donors (Lipinski definition) is 3. The number of nitrogen functional groups attached to an aromatic ring is 1. The fourth-order valence-corrected chi connectivity index (χ4v) is 1.86. The van der Waals surface area contributed by atoms with E-state index in [9.17, 15) is 4.79 Å². The molecule has 0 aliphatic rings. The van der Waals surface area contributed by atoms with Gasteiger partial charge in [0.15, 0.2) is 0 Å². The Morgan fingerprint density at radius 2 is 2.11 bits per heavy atom. The maximum atomic E-state index is 12.2. The predicted molar refractivity (Wildman–Crippen MR) is 73.5 cm³/mol. The number of carbonyl (C=O) groups is 1. The zero-order valence-corrected chi connectivity index (χ0v) is 11.3. The smallest absolute Gasteiger partial charge is 0.251 e. The Kier molecular flexibility index (Phi) is 4.73. The normalized spacial score (nSPS) is 14.0. The number of benzene rings is 1. The first-order chi connectivity index (χ1) is 8.40. The third-order valence-corrected chi connectivity index (χ3v) is 3.22. The van der Waals surface area contributed by atoms with Crippen LogP contribution in [0.3, 0.4) is 0 Å². The molecule has 4 heteroatoms. The van der Waals surface area contributed by atoms with Crippen molar-refractivity contribution < 1.29 is 9.90 Å². The van der Waals surface area contributed by atoms with Gasteiger partial charge in [-0.25, -0.2) is 0 Å². The van der Waals surface area contributed by atoms with Crippen LogP contribution < -0.4 is 11.1 Å². The quantitative estimate of drug-likeness (QED) is 0.698. The second-order valence-corrected chi connectivity index (χ2v) is 4.97. The molecule has 0 fully saturated rings. The Morgan fingerprint density at radius 3 is 2.61 bits per heavy atom. The number of aryl methyl sites for hydroxylation is 1. The third kappa shape index (κ3) is 3.74. The number of aliphatic hydroxyl groups excluding tert-OH is 1. The van der Waals surface area contributed by atoms with Crippen molar-refractivity contribution >= 4 is 11.6 Å². The fraction of sp³-hybridized carbons (Fsp3) is 0.500. The van der Waals surface area contributed by atoms with E-state index >= 15 is 0 Å². The first-order valence-corrected chi connectivity index (χ1v) is 6.21. The minimum absolute atomic E-state index is 0.0561. The number of nitrogens with two attached hydrogens (primary N) is 1. The second kappa shape index (κ2) is 5.87. The summed E-state index contributed by atoms with van der Waals surface area (Å²) in [5.74, 6) is -0.150. The van der Waals surface area contributed by atoms with E-state index in [2.05, 4.69) is 5.32 Å². The Hall–Kier alpha value is -1.55. The Bertz CT molecular complexity index is 412. The maximum absolute atomic E-state index is 12.2. The highest BCUT2D eigenvalue weighted by Crippen LogP contribution is 2.17. The molecule has 0 saturated carbocycles. The number of rotatable bonds is 5. The van der Waals surface area contributed by atoms with Crippen LogP contribution in [0.5, 0.6) is 0 Å². The summed E-state index contributed by atoms with van der Waals surface area (Å²) in [6.45, 7) is 5.88. The summed E-state index contributed by atoms with van der Waals surface area (Å²) in [5.41, 5.74) is 7.45. The van der Waals surface area contributed by atoms with Gasteiger partial charge >= 0.3 is 0 Å². The first-order valence-electron chi connectivity index (χ1n) is 6.21. The SMILES string of the molecule is CCC(C)(CCO)NC(=O)c1cc(C)cc(N)c1. The second-order valence-electron chi connectivity index (χ2n) is 4.97. The highest BCUT2D eigenvalue weighted by atomic mass is 16.3. The van der Waals surface area contributed by atoms with Gasteiger partial charge in [0.05, 0.1) is 0 Å². The molecule has 1 amide bonds. The summed E-state index contributed by atoms with van der Waals surface area (Å²) in [5, 5.41) is 12.0. The van der Waals surface area contributed by atoms with Crippen molar-refractivity contribution in [2.24, 2.45) is 0 Å². The molecule has 0 aliphatic heterocycles. The summed E-state index contributed by atoms with van der Waals surface area (Å²) < 4.78 is 0. The van der Waals surface area contributed by atoms with Crippen molar-refractivity contribution in [3.8, 4) is 0 Å². The highest BCUT2D eigenvalue weighted by Gasteiger charge is 2.24. The number of hydrogen-bond acceptors (Lipinski definition) is 3. The molecule has 0 saturated heterocycles. The molecule has 1 rings (SSSR count). The number of carbonyl (C=O) groups excluding carboxylic acids is 1. The molecule has 100 valence electrons. The van der Waals surface area contributed by atoms with Crippen molar-refractivity contribution in [3.63, 3.8) is 0 Å². The lowest BCUT2D eigenvalue weighted by atomic mass is 9.94. The van der Waals surface area contributed by atoms with Crippen LogP contribution in [0.4, 0.5) is 5.69 Å². The van der Waals surface area contributed by atoms with Gasteiger partial charge in [0.2, 0.25) is 0 Å². The molecule has 0 aromatic heterocycles. The zero-order valence-electron chi connectivity index (χ0n) is 11.3. The van der Waals surface area contributed by atoms with Crippen LogP contribution in [0, 0.1) is 6.92 Å². The van der Waals surface area contributed by atoms with E-state index in [0.29, 0.717) is 17.7 Å². The highest BCUT2D eigenvalue weighted by molar-refractivity contribution is 5.95. The average molecular weight is 250 g/mol. The number of nitrogens with one attached hydrogen (secondary N) is 1. The molecule has 0 heterocycles. The van der Waals surface area contributed by atoms with E-state index in [1.54, 1.807) is 12.1 Å². The summed E-state index contributed by atoms with van der Waals surface area (Å²) in [6, 6.07) is 5.29. The van der Waals surface area contributed by atoms with Gasteiger partial charge in [0, 0.05) is 23.4 Å². The van der Waals surface area contributed by atoms with Crippen molar-refractivity contribution in [1.29, 1.82) is 0 Å². The van der Waals surface area contributed by atoms with E-state index in [1.165, 1.54) is 0 Å². The molecule has 1 aromatic carbocycles. The van der Waals surface area contributed by atoms with Crippen LogP contribution in [0.1, 0.15) is 42.6 Å². The van der Waals surface area contributed by atoms with E-state index in [1.807, 2.05) is 26.8 Å². The Labute approximate surface area is 108 Å². The monoisotopic (exact) mass is 250 g/mol. The van der Waals surface area contributed by atoms with Crippen LogP contribution in [-0.4, -0.2) is 23.2 Å². The minimum atomic E-state index is -0.385. The summed E-state index contributed by atoms with van der Waals surface area (Å²) >= 11 is 0. The van der Waals surface area contributed by atoms with Gasteiger partial charge in [-0.2, -0.15) is 0 Å². The lowest BCUT2D eigenvalue weighted by Crippen LogP contribution is -2.46. The molecule has 0 radical (unpaired) electrons. The average Bonchev–Trinajstić information content (AvgIpc) is 2.28. The van der Waals surface area contributed by atoms with Gasteiger partial charge in [-0.3, -0.25) is 4.79 Å².